The lowest BCUT2D eigenvalue weighted by Crippen LogP contribution is -2.35. The number of nitrogens with one attached hydrogen (secondary N) is 1. The van der Waals surface area contributed by atoms with Gasteiger partial charge in [0.05, 0.1) is 85.6 Å². The lowest BCUT2D eigenvalue weighted by molar-refractivity contribution is -0.146. The highest BCUT2D eigenvalue weighted by atomic mass is 16.6. The van der Waals surface area contributed by atoms with Gasteiger partial charge < -0.3 is 48.8 Å². The van der Waals surface area contributed by atoms with Gasteiger partial charge in [-0.1, -0.05) is 181 Å². The van der Waals surface area contributed by atoms with Crippen LogP contribution in [0.15, 0.2) is 12.5 Å². The number of hydrogen-bond donors (Lipinski definition) is 2. The first-order valence-electron chi connectivity index (χ1n) is 26.8. The number of carbonyl (C=O) groups is 1. The van der Waals surface area contributed by atoms with Crippen molar-refractivity contribution in [2.75, 3.05) is 106 Å². The minimum atomic E-state index is -0.735. The van der Waals surface area contributed by atoms with Crippen molar-refractivity contribution in [1.29, 1.82) is 0 Å². The van der Waals surface area contributed by atoms with Crippen LogP contribution >= 0.6 is 0 Å². The molecule has 0 amide bonds. The number of unbranched alkanes of at least 4 members (excludes halogenated alkanes) is 26. The molecule has 0 saturated carbocycles. The van der Waals surface area contributed by atoms with E-state index in [2.05, 4.69) is 28.7 Å². The number of nitrogens with two attached hydrogens (primary N) is 1. The largest absolute Gasteiger partial charge is 0.462 e. The topological polar surface area (TPSA) is 140 Å². The number of esters is 1. The molecule has 0 radical (unpaired) electrons. The van der Waals surface area contributed by atoms with E-state index in [4.69, 9.17) is 38.9 Å². The Kier molecular flexibility index (Phi) is 47.9. The van der Waals surface area contributed by atoms with Gasteiger partial charge in [-0.05, 0) is 25.9 Å². The highest BCUT2D eigenvalue weighted by Crippen LogP contribution is 2.15. The van der Waals surface area contributed by atoms with E-state index >= 15 is 0 Å². The predicted octanol–water partition coefficient (Wildman–Crippen LogP) is 11.2. The Morgan fingerprint density at radius 1 is 0.469 bits per heavy atom. The second-order valence-electron chi connectivity index (χ2n) is 17.8. The number of ether oxygens (including phenoxy) is 7. The summed E-state index contributed by atoms with van der Waals surface area (Å²) in [4.78, 5) is 21.4. The van der Waals surface area contributed by atoms with Gasteiger partial charge >= 0.3 is 5.97 Å². The number of nitrogens with zero attached hydrogens (tertiary/aromatic N) is 2. The van der Waals surface area contributed by atoms with Gasteiger partial charge in [-0.15, -0.1) is 0 Å². The number of H-pyrrole nitrogens is 1. The SMILES string of the molecule is CCCCCCCCCCCCCCCCN(CCCCCCCCCCCCCCCC)CCOCCOCCOCCOCCOCCOCCOC(=O)C(N)Cc1cnc[nH]1. The number of aromatic amines is 1. The Labute approximate surface area is 393 Å². The van der Waals surface area contributed by atoms with Crippen molar-refractivity contribution in [3.63, 3.8) is 0 Å². The lowest BCUT2D eigenvalue weighted by atomic mass is 10.0. The summed E-state index contributed by atoms with van der Waals surface area (Å²) >= 11 is 0. The van der Waals surface area contributed by atoms with Crippen molar-refractivity contribution in [1.82, 2.24) is 14.9 Å². The summed E-state index contributed by atoms with van der Waals surface area (Å²) in [6.07, 6.45) is 42.9. The van der Waals surface area contributed by atoms with Crippen molar-refractivity contribution < 1.29 is 38.0 Å². The van der Waals surface area contributed by atoms with Gasteiger partial charge in [0.15, 0.2) is 0 Å². The zero-order chi connectivity index (χ0) is 45.9. The molecule has 0 saturated heterocycles. The fraction of sp³-hybridized carbons (Fsp3) is 0.923. The number of imidazole rings is 1. The molecule has 1 rings (SSSR count). The summed E-state index contributed by atoms with van der Waals surface area (Å²) in [5, 5.41) is 0. The lowest BCUT2D eigenvalue weighted by Gasteiger charge is -2.22. The molecule has 378 valence electrons. The Balaban J connectivity index is 2.00. The van der Waals surface area contributed by atoms with Gasteiger partial charge in [0.25, 0.3) is 0 Å². The van der Waals surface area contributed by atoms with E-state index in [1.165, 1.54) is 193 Å². The molecular formula is C52H102N4O8. The second kappa shape index (κ2) is 50.8. The summed E-state index contributed by atoms with van der Waals surface area (Å²) in [5.41, 5.74) is 6.65. The van der Waals surface area contributed by atoms with Crippen LogP contribution in [-0.2, 0) is 44.4 Å². The van der Waals surface area contributed by atoms with E-state index in [0.29, 0.717) is 72.5 Å². The minimum absolute atomic E-state index is 0.148. The molecule has 0 fully saturated rings. The zero-order valence-electron chi connectivity index (χ0n) is 41.8. The van der Waals surface area contributed by atoms with Crippen LogP contribution in [0.4, 0.5) is 0 Å². The summed E-state index contributed by atoms with van der Waals surface area (Å²) in [6.45, 7) is 14.3. The quantitative estimate of drug-likeness (QED) is 0.0477. The third kappa shape index (κ3) is 44.2. The standard InChI is InChI=1S/C52H102N4O8/c1-3-5-7-9-11-13-15-17-19-21-23-25-27-29-31-56(32-30-28-26-24-22-20-18-16-14-12-10-8-6-4-2)33-34-58-35-36-59-37-38-60-39-40-61-41-42-62-43-44-63-45-46-64-52(57)51(53)47-50-48-54-49-55-50/h48-49,51H,3-47,53H2,1-2H3,(H,54,55). The summed E-state index contributed by atoms with van der Waals surface area (Å²) in [5.74, 6) is -0.462. The van der Waals surface area contributed by atoms with Crippen LogP contribution in [0.25, 0.3) is 0 Å². The van der Waals surface area contributed by atoms with E-state index in [0.717, 1.165) is 18.8 Å². The van der Waals surface area contributed by atoms with Crippen molar-refractivity contribution in [3.8, 4) is 0 Å². The fourth-order valence-electron chi connectivity index (χ4n) is 7.82. The molecule has 64 heavy (non-hydrogen) atoms. The number of rotatable bonds is 54. The van der Waals surface area contributed by atoms with Crippen LogP contribution < -0.4 is 5.73 Å². The Morgan fingerprint density at radius 3 is 1.11 bits per heavy atom. The molecule has 12 heteroatoms. The maximum atomic E-state index is 11.9. The highest BCUT2D eigenvalue weighted by molar-refractivity contribution is 5.75. The molecule has 0 bridgehead atoms. The maximum Gasteiger partial charge on any atom is 0.323 e. The molecule has 0 aliphatic rings. The minimum Gasteiger partial charge on any atom is -0.462 e. The third-order valence-corrected chi connectivity index (χ3v) is 11.8. The third-order valence-electron chi connectivity index (χ3n) is 11.8. The monoisotopic (exact) mass is 911 g/mol. The van der Waals surface area contributed by atoms with E-state index < -0.39 is 12.0 Å². The molecule has 1 aromatic rings. The van der Waals surface area contributed by atoms with Gasteiger partial charge in [0, 0.05) is 24.9 Å². The summed E-state index contributed by atoms with van der Waals surface area (Å²) in [7, 11) is 0. The first-order valence-corrected chi connectivity index (χ1v) is 26.8. The molecule has 0 aliphatic carbocycles. The van der Waals surface area contributed by atoms with Crippen molar-refractivity contribution in [2.24, 2.45) is 5.73 Å². The molecule has 3 N–H and O–H groups in total. The molecule has 1 heterocycles. The van der Waals surface area contributed by atoms with Crippen LogP contribution in [-0.4, -0.2) is 132 Å². The summed E-state index contributed by atoms with van der Waals surface area (Å²) in [6, 6.07) is -0.735. The molecule has 1 aromatic heterocycles. The maximum absolute atomic E-state index is 11.9. The molecule has 0 aromatic carbocycles. The molecule has 0 aliphatic heterocycles. The Bertz CT molecular complexity index is 1010. The van der Waals surface area contributed by atoms with Gasteiger partial charge in [0.1, 0.15) is 12.6 Å². The molecular weight excluding hydrogens is 809 g/mol. The molecule has 1 unspecified atom stereocenters. The average Bonchev–Trinajstić information content (AvgIpc) is 3.82. The van der Waals surface area contributed by atoms with Crippen molar-refractivity contribution >= 4 is 5.97 Å². The van der Waals surface area contributed by atoms with Crippen molar-refractivity contribution in [3.05, 3.63) is 18.2 Å². The van der Waals surface area contributed by atoms with Gasteiger partial charge in [-0.25, -0.2) is 4.98 Å². The number of aromatic nitrogens is 2. The summed E-state index contributed by atoms with van der Waals surface area (Å²) < 4.78 is 39.0. The van der Waals surface area contributed by atoms with E-state index in [-0.39, 0.29) is 13.2 Å². The number of carbonyl (C=O) groups excluding carboxylic acids is 1. The zero-order valence-corrected chi connectivity index (χ0v) is 41.8. The van der Waals surface area contributed by atoms with Gasteiger partial charge in [-0.2, -0.15) is 0 Å². The first kappa shape index (κ1) is 60.4. The van der Waals surface area contributed by atoms with Gasteiger partial charge in [0.2, 0.25) is 0 Å². The smallest absolute Gasteiger partial charge is 0.323 e. The first-order chi connectivity index (χ1) is 31.7. The van der Waals surface area contributed by atoms with Crippen LogP contribution in [0, 0.1) is 0 Å². The highest BCUT2D eigenvalue weighted by Gasteiger charge is 2.16. The van der Waals surface area contributed by atoms with E-state index in [1.54, 1.807) is 12.5 Å². The van der Waals surface area contributed by atoms with Crippen LogP contribution in [0.3, 0.4) is 0 Å². The Morgan fingerprint density at radius 2 is 0.781 bits per heavy atom. The van der Waals surface area contributed by atoms with Crippen LogP contribution in [0.2, 0.25) is 0 Å². The molecule has 12 nitrogen and oxygen atoms in total. The average molecular weight is 911 g/mol. The van der Waals surface area contributed by atoms with Crippen molar-refractivity contribution in [2.45, 2.75) is 206 Å². The van der Waals surface area contributed by atoms with Crippen LogP contribution in [0.5, 0.6) is 0 Å². The van der Waals surface area contributed by atoms with Gasteiger partial charge in [-0.3, -0.25) is 4.79 Å². The Hall–Kier alpha value is -1.64. The predicted molar refractivity (Wildman–Crippen MR) is 263 cm³/mol. The molecule has 0 spiro atoms. The van der Waals surface area contributed by atoms with E-state index in [9.17, 15) is 4.79 Å². The van der Waals surface area contributed by atoms with E-state index in [1.807, 2.05) is 0 Å². The number of hydrogen-bond acceptors (Lipinski definition) is 11. The van der Waals surface area contributed by atoms with Crippen LogP contribution in [0.1, 0.15) is 199 Å². The second-order valence-corrected chi connectivity index (χ2v) is 17.8. The fourth-order valence-corrected chi connectivity index (χ4v) is 7.82. The molecule has 1 atom stereocenters. The normalized spacial score (nSPS) is 12.2.